The number of carboxylic acid groups (broad SMARTS) is 2. The minimum absolute atomic E-state index is 0.0926. The van der Waals surface area contributed by atoms with Gasteiger partial charge >= 0.3 is 11.9 Å². The number of aromatic carboxylic acids is 2. The van der Waals surface area contributed by atoms with Crippen LogP contribution in [-0.2, 0) is 32.9 Å². The normalized spacial score (nSPS) is 13.3. The molecule has 0 radical (unpaired) electrons. The summed E-state index contributed by atoms with van der Waals surface area (Å²) in [5.41, 5.74) is 3.80. The van der Waals surface area contributed by atoms with E-state index in [0.29, 0.717) is 48.4 Å². The molecule has 2 aliphatic rings. The van der Waals surface area contributed by atoms with Gasteiger partial charge in [-0.15, -0.1) is 0 Å². The van der Waals surface area contributed by atoms with Gasteiger partial charge in [-0.05, 0) is 146 Å². The number of anilines is 4. The highest BCUT2D eigenvalue weighted by atomic mass is 32.2. The molecule has 0 spiro atoms. The lowest BCUT2D eigenvalue weighted by atomic mass is 10.0. The quantitative estimate of drug-likeness (QED) is 0.105. The van der Waals surface area contributed by atoms with Crippen LogP contribution in [0.15, 0.2) is 143 Å². The fourth-order valence-corrected chi connectivity index (χ4v) is 10.3. The van der Waals surface area contributed by atoms with Gasteiger partial charge in [0.2, 0.25) is 0 Å². The molecule has 0 saturated heterocycles. The maximum absolute atomic E-state index is 13.6. The number of amides is 2. The van der Waals surface area contributed by atoms with E-state index in [4.69, 9.17) is 10.2 Å². The van der Waals surface area contributed by atoms with Gasteiger partial charge in [0.1, 0.15) is 11.6 Å². The topological polar surface area (TPSA) is 208 Å². The molecule has 6 aromatic rings. The molecule has 0 atom stereocenters. The number of carboxylic acids is 2. The molecule has 2 aliphatic heterocycles. The van der Waals surface area contributed by atoms with Crippen LogP contribution in [0, 0.1) is 11.6 Å². The summed E-state index contributed by atoms with van der Waals surface area (Å²) in [5, 5.41) is 23.3. The number of carbonyl (C=O) groups is 4. The maximum Gasteiger partial charge on any atom is 0.335 e. The van der Waals surface area contributed by atoms with Gasteiger partial charge < -0.3 is 20.8 Å². The van der Waals surface area contributed by atoms with Crippen molar-refractivity contribution in [2.24, 2.45) is 0 Å². The van der Waals surface area contributed by atoms with Crippen molar-refractivity contribution >= 4 is 66.5 Å². The van der Waals surface area contributed by atoms with Crippen molar-refractivity contribution in [1.29, 1.82) is 0 Å². The second-order valence-electron chi connectivity index (χ2n) is 14.6. The Morgan fingerprint density at radius 3 is 1.19 bits per heavy atom. The predicted octanol–water partition coefficient (Wildman–Crippen LogP) is 7.84. The number of halogens is 2. The maximum atomic E-state index is 13.6. The van der Waals surface area contributed by atoms with Crippen molar-refractivity contribution in [3.63, 3.8) is 0 Å². The molecule has 14 nitrogen and oxygen atoms in total. The minimum atomic E-state index is -4.01. The molecular weight excluding hydrogens is 871 g/mol. The zero-order valence-electron chi connectivity index (χ0n) is 33.6. The highest BCUT2D eigenvalue weighted by Crippen LogP contribution is 2.35. The van der Waals surface area contributed by atoms with Crippen LogP contribution >= 0.6 is 0 Å². The van der Waals surface area contributed by atoms with Crippen LogP contribution in [0.4, 0.5) is 31.5 Å². The van der Waals surface area contributed by atoms with E-state index in [1.54, 1.807) is 24.3 Å². The molecule has 0 saturated carbocycles. The van der Waals surface area contributed by atoms with E-state index >= 15 is 0 Å². The largest absolute Gasteiger partial charge is 0.478 e. The first-order valence-corrected chi connectivity index (χ1v) is 22.5. The first kappa shape index (κ1) is 44.6. The molecule has 0 bridgehead atoms. The van der Waals surface area contributed by atoms with Gasteiger partial charge in [-0.2, -0.15) is 0 Å². The smallest absolute Gasteiger partial charge is 0.335 e. The highest BCUT2D eigenvalue weighted by Gasteiger charge is 2.32. The van der Waals surface area contributed by atoms with Crippen molar-refractivity contribution in [3.05, 3.63) is 178 Å². The van der Waals surface area contributed by atoms with Gasteiger partial charge in [-0.3, -0.25) is 18.2 Å². The Labute approximate surface area is 366 Å². The third-order valence-electron chi connectivity index (χ3n) is 10.4. The summed E-state index contributed by atoms with van der Waals surface area (Å²) >= 11 is 0. The van der Waals surface area contributed by atoms with E-state index in [0.717, 1.165) is 23.3 Å². The Morgan fingerprint density at radius 1 is 0.484 bits per heavy atom. The van der Waals surface area contributed by atoms with Crippen molar-refractivity contribution in [2.45, 2.75) is 35.5 Å². The Balaban J connectivity index is 0.000000191. The van der Waals surface area contributed by atoms with E-state index in [9.17, 15) is 44.8 Å². The fourth-order valence-electron chi connectivity index (χ4n) is 7.17. The molecule has 8 rings (SSSR count). The number of sulfonamides is 2. The molecule has 2 amide bonds. The lowest BCUT2D eigenvalue weighted by molar-refractivity contribution is 0.0686. The fraction of sp³-hybridized carbons (Fsp3) is 0.130. The van der Waals surface area contributed by atoms with Gasteiger partial charge in [0.25, 0.3) is 31.9 Å². The predicted molar refractivity (Wildman–Crippen MR) is 234 cm³/mol. The number of rotatable bonds is 10. The Bertz CT molecular complexity index is 2820. The number of aryl methyl sites for hydroxylation is 2. The first-order chi connectivity index (χ1) is 30.5. The van der Waals surface area contributed by atoms with Crippen LogP contribution in [0.25, 0.3) is 0 Å². The molecule has 64 heavy (non-hydrogen) atoms. The third kappa shape index (κ3) is 9.77. The number of hydrogen-bond acceptors (Lipinski definition) is 8. The molecule has 2 heterocycles. The zero-order chi connectivity index (χ0) is 45.8. The SMILES string of the molecule is O=C(O)c1ccc(NC(=O)c2ccc3c(c2)N(S(=O)(=O)c2cccc(F)c2)CCC3)cc1.O=C(O)c1ccc(NC(=O)c2ccc3c(c2)N(S(=O)(=O)c2cccc(F)c2)CCC3)cc1. The number of nitrogens with one attached hydrogen (secondary N) is 2. The van der Waals surface area contributed by atoms with Crippen LogP contribution in [0.3, 0.4) is 0 Å². The van der Waals surface area contributed by atoms with Crippen molar-refractivity contribution in [1.82, 2.24) is 0 Å². The molecule has 0 unspecified atom stereocenters. The second kappa shape index (κ2) is 18.5. The number of hydrogen-bond donors (Lipinski definition) is 4. The van der Waals surface area contributed by atoms with E-state index in [2.05, 4.69) is 10.6 Å². The van der Waals surface area contributed by atoms with Gasteiger partial charge in [0.05, 0.1) is 32.3 Å². The van der Waals surface area contributed by atoms with E-state index in [-0.39, 0.29) is 45.1 Å². The first-order valence-electron chi connectivity index (χ1n) is 19.6. The van der Waals surface area contributed by atoms with E-state index in [1.807, 2.05) is 0 Å². The lowest BCUT2D eigenvalue weighted by Gasteiger charge is -2.31. The molecule has 18 heteroatoms. The standard InChI is InChI=1S/2C23H19FN2O5S/c2*24-18-4-1-5-20(14-18)32(30,31)26-12-2-3-15-6-7-17(13-21(15)26)22(27)25-19-10-8-16(9-11-19)23(28)29/h2*1,4-11,13-14H,2-3,12H2,(H,25,27)(H,28,29). The van der Waals surface area contributed by atoms with Gasteiger partial charge in [0.15, 0.2) is 0 Å². The molecule has 0 aliphatic carbocycles. The zero-order valence-corrected chi connectivity index (χ0v) is 35.2. The van der Waals surface area contributed by atoms with Crippen LogP contribution in [0.2, 0.25) is 0 Å². The van der Waals surface area contributed by atoms with Crippen molar-refractivity contribution in [2.75, 3.05) is 32.3 Å². The molecular formula is C46H38F2N4O10S2. The average Bonchev–Trinajstić information content (AvgIpc) is 3.28. The van der Waals surface area contributed by atoms with Gasteiger partial charge in [0, 0.05) is 35.6 Å². The molecule has 328 valence electrons. The van der Waals surface area contributed by atoms with Gasteiger partial charge in [-0.1, -0.05) is 24.3 Å². The number of benzene rings is 6. The van der Waals surface area contributed by atoms with E-state index in [1.165, 1.54) is 106 Å². The number of nitrogens with zero attached hydrogens (tertiary/aromatic N) is 2. The second-order valence-corrected chi connectivity index (χ2v) is 18.4. The Kier molecular flexibility index (Phi) is 12.9. The summed E-state index contributed by atoms with van der Waals surface area (Å²) in [6, 6.07) is 30.7. The lowest BCUT2D eigenvalue weighted by Crippen LogP contribution is -2.35. The minimum Gasteiger partial charge on any atom is -0.478 e. The Morgan fingerprint density at radius 2 is 0.844 bits per heavy atom. The van der Waals surface area contributed by atoms with Crippen molar-refractivity contribution in [3.8, 4) is 0 Å². The summed E-state index contributed by atoms with van der Waals surface area (Å²) in [5.74, 6) is -4.38. The highest BCUT2D eigenvalue weighted by molar-refractivity contribution is 7.93. The number of carbonyl (C=O) groups excluding carboxylic acids is 2. The molecule has 0 aromatic heterocycles. The summed E-state index contributed by atoms with van der Waals surface area (Å²) in [7, 11) is -8.01. The summed E-state index contributed by atoms with van der Waals surface area (Å²) in [6.07, 6.45) is 2.51. The van der Waals surface area contributed by atoms with Crippen LogP contribution < -0.4 is 19.2 Å². The average molecular weight is 909 g/mol. The van der Waals surface area contributed by atoms with Crippen LogP contribution in [0.1, 0.15) is 65.4 Å². The summed E-state index contributed by atoms with van der Waals surface area (Å²) in [4.78, 5) is 47.1. The Hall–Kier alpha value is -7.44. The number of fused-ring (bicyclic) bond motifs is 2. The van der Waals surface area contributed by atoms with Crippen LogP contribution in [-0.4, -0.2) is 63.9 Å². The van der Waals surface area contributed by atoms with Crippen LogP contribution in [0.5, 0.6) is 0 Å². The molecule has 4 N–H and O–H groups in total. The molecule has 6 aromatic carbocycles. The van der Waals surface area contributed by atoms with Gasteiger partial charge in [-0.25, -0.2) is 35.2 Å². The summed E-state index contributed by atoms with van der Waals surface area (Å²) in [6.45, 7) is 0.432. The monoisotopic (exact) mass is 908 g/mol. The van der Waals surface area contributed by atoms with Crippen molar-refractivity contribution < 1.29 is 55.0 Å². The third-order valence-corrected chi connectivity index (χ3v) is 14.0. The van der Waals surface area contributed by atoms with E-state index < -0.39 is 55.4 Å². The molecule has 0 fully saturated rings. The summed E-state index contributed by atoms with van der Waals surface area (Å²) < 4.78 is 82.4.